The smallest absolute Gasteiger partial charge is 0.263 e. The van der Waals surface area contributed by atoms with Crippen molar-refractivity contribution in [3.05, 3.63) is 46.9 Å². The van der Waals surface area contributed by atoms with Gasteiger partial charge < -0.3 is 10.2 Å². The lowest BCUT2D eigenvalue weighted by Crippen LogP contribution is -2.36. The minimum Gasteiger partial charge on any atom is -0.355 e. The number of benzene rings is 1. The third kappa shape index (κ3) is 3.69. The van der Waals surface area contributed by atoms with E-state index >= 15 is 0 Å². The molecule has 0 saturated carbocycles. The Labute approximate surface area is 156 Å². The van der Waals surface area contributed by atoms with E-state index < -0.39 is 0 Å². The Morgan fingerprint density at radius 1 is 1.15 bits per heavy atom. The van der Waals surface area contributed by atoms with Gasteiger partial charge in [0.15, 0.2) is 5.65 Å². The van der Waals surface area contributed by atoms with Crippen molar-refractivity contribution in [2.45, 2.75) is 25.7 Å². The lowest BCUT2D eigenvalue weighted by Gasteiger charge is -2.26. The molecule has 27 heavy (non-hydrogen) atoms. The Morgan fingerprint density at radius 3 is 2.70 bits per heavy atom. The van der Waals surface area contributed by atoms with E-state index in [1.54, 1.807) is 4.68 Å². The highest BCUT2D eigenvalue weighted by Crippen LogP contribution is 2.15. The molecule has 0 radical (unpaired) electrons. The summed E-state index contributed by atoms with van der Waals surface area (Å²) in [7, 11) is 0. The Hall–Kier alpha value is -3.16. The molecule has 1 amide bonds. The standard InChI is InChI=1S/C19H22N6O2/c26-16(24-11-5-2-6-12-24)9-10-20-19-22-17-15(18(27)23-19)13-21-25(17)14-7-3-1-4-8-14/h1,3-4,7-8,13H,2,5-6,9-12H2,(H2,20,22,23,27). The van der Waals surface area contributed by atoms with Gasteiger partial charge in [0, 0.05) is 26.1 Å². The highest BCUT2D eigenvalue weighted by Gasteiger charge is 2.16. The van der Waals surface area contributed by atoms with E-state index in [9.17, 15) is 9.59 Å². The number of H-pyrrole nitrogens is 1. The minimum absolute atomic E-state index is 0.139. The molecule has 1 saturated heterocycles. The highest BCUT2D eigenvalue weighted by atomic mass is 16.2. The van der Waals surface area contributed by atoms with Crippen molar-refractivity contribution in [3.8, 4) is 5.69 Å². The summed E-state index contributed by atoms with van der Waals surface area (Å²) in [6.07, 6.45) is 5.24. The van der Waals surface area contributed by atoms with Crippen LogP contribution >= 0.6 is 0 Å². The van der Waals surface area contributed by atoms with Crippen LogP contribution < -0.4 is 10.9 Å². The predicted octanol–water partition coefficient (Wildman–Crippen LogP) is 1.92. The minimum atomic E-state index is -0.257. The number of hydrogen-bond acceptors (Lipinski definition) is 5. The average molecular weight is 366 g/mol. The summed E-state index contributed by atoms with van der Waals surface area (Å²) in [4.78, 5) is 33.7. The second-order valence-electron chi connectivity index (χ2n) is 6.66. The number of aromatic nitrogens is 4. The third-order valence-corrected chi connectivity index (χ3v) is 4.78. The van der Waals surface area contributed by atoms with Crippen LogP contribution in [0.2, 0.25) is 0 Å². The summed E-state index contributed by atoms with van der Waals surface area (Å²) in [5, 5.41) is 7.77. The van der Waals surface area contributed by atoms with Gasteiger partial charge in [-0.15, -0.1) is 0 Å². The van der Waals surface area contributed by atoms with Gasteiger partial charge in [-0.2, -0.15) is 10.1 Å². The van der Waals surface area contributed by atoms with Crippen molar-refractivity contribution in [3.63, 3.8) is 0 Å². The lowest BCUT2D eigenvalue weighted by molar-refractivity contribution is -0.131. The second-order valence-corrected chi connectivity index (χ2v) is 6.66. The van der Waals surface area contributed by atoms with Crippen LogP contribution in [0.25, 0.3) is 16.7 Å². The first-order valence-corrected chi connectivity index (χ1v) is 9.27. The fraction of sp³-hybridized carbons (Fsp3) is 0.368. The molecule has 1 aromatic carbocycles. The zero-order valence-corrected chi connectivity index (χ0v) is 15.0. The fourth-order valence-electron chi connectivity index (χ4n) is 3.35. The molecule has 2 N–H and O–H groups in total. The maximum Gasteiger partial charge on any atom is 0.263 e. The number of rotatable bonds is 5. The average Bonchev–Trinajstić information content (AvgIpc) is 3.14. The fourth-order valence-corrected chi connectivity index (χ4v) is 3.35. The largest absolute Gasteiger partial charge is 0.355 e. The normalized spacial score (nSPS) is 14.4. The Balaban J connectivity index is 1.49. The van der Waals surface area contributed by atoms with E-state index in [4.69, 9.17) is 0 Å². The molecule has 0 spiro atoms. The number of para-hydroxylation sites is 1. The topological polar surface area (TPSA) is 95.9 Å². The number of aromatic amines is 1. The Morgan fingerprint density at radius 2 is 1.93 bits per heavy atom. The van der Waals surface area contributed by atoms with E-state index in [-0.39, 0.29) is 11.5 Å². The number of amides is 1. The predicted molar refractivity (Wildman–Crippen MR) is 103 cm³/mol. The Bertz CT molecular complexity index is 988. The number of nitrogens with one attached hydrogen (secondary N) is 2. The number of likely N-dealkylation sites (tertiary alicyclic amines) is 1. The summed E-state index contributed by atoms with van der Waals surface area (Å²) in [5.41, 5.74) is 1.05. The molecule has 2 aromatic heterocycles. The molecule has 0 atom stereocenters. The zero-order valence-electron chi connectivity index (χ0n) is 15.0. The molecule has 1 aliphatic heterocycles. The first-order chi connectivity index (χ1) is 13.2. The number of piperidine rings is 1. The van der Waals surface area contributed by atoms with Gasteiger partial charge in [-0.3, -0.25) is 14.6 Å². The molecule has 3 heterocycles. The maximum absolute atomic E-state index is 12.3. The SMILES string of the molecule is O=C(CCNc1nc2c(cnn2-c2ccccc2)c(=O)[nH]1)N1CCCCC1. The number of carbonyl (C=O) groups excluding carboxylic acids is 1. The molecule has 0 unspecified atom stereocenters. The molecule has 0 bridgehead atoms. The molecule has 0 aliphatic carbocycles. The van der Waals surface area contributed by atoms with Crippen LogP contribution in [-0.2, 0) is 4.79 Å². The Kier molecular flexibility index (Phi) is 4.86. The monoisotopic (exact) mass is 366 g/mol. The van der Waals surface area contributed by atoms with E-state index in [0.29, 0.717) is 29.9 Å². The molecule has 3 aromatic rings. The first-order valence-electron chi connectivity index (χ1n) is 9.27. The summed E-state index contributed by atoms with van der Waals surface area (Å²) < 4.78 is 1.63. The van der Waals surface area contributed by atoms with Crippen molar-refractivity contribution >= 4 is 22.9 Å². The van der Waals surface area contributed by atoms with Gasteiger partial charge in [0.1, 0.15) is 5.39 Å². The number of fused-ring (bicyclic) bond motifs is 1. The van der Waals surface area contributed by atoms with Crippen LogP contribution in [0.1, 0.15) is 25.7 Å². The number of carbonyl (C=O) groups is 1. The zero-order chi connectivity index (χ0) is 18.6. The van der Waals surface area contributed by atoms with E-state index in [2.05, 4.69) is 20.4 Å². The van der Waals surface area contributed by atoms with Crippen LogP contribution in [0, 0.1) is 0 Å². The second kappa shape index (κ2) is 7.61. The molecule has 140 valence electrons. The van der Waals surface area contributed by atoms with Crippen molar-refractivity contribution < 1.29 is 4.79 Å². The molecule has 8 heteroatoms. The quantitative estimate of drug-likeness (QED) is 0.719. The lowest BCUT2D eigenvalue weighted by atomic mass is 10.1. The van der Waals surface area contributed by atoms with Crippen LogP contribution in [-0.4, -0.2) is 50.2 Å². The van der Waals surface area contributed by atoms with Gasteiger partial charge in [0.2, 0.25) is 11.9 Å². The molecular formula is C19H22N6O2. The molecule has 1 fully saturated rings. The van der Waals surface area contributed by atoms with Crippen molar-refractivity contribution in [2.24, 2.45) is 0 Å². The summed E-state index contributed by atoms with van der Waals surface area (Å²) >= 11 is 0. The van der Waals surface area contributed by atoms with E-state index in [1.165, 1.54) is 12.6 Å². The van der Waals surface area contributed by atoms with Gasteiger partial charge >= 0.3 is 0 Å². The highest BCUT2D eigenvalue weighted by molar-refractivity contribution is 5.77. The molecular weight excluding hydrogens is 344 g/mol. The third-order valence-electron chi connectivity index (χ3n) is 4.78. The number of hydrogen-bond donors (Lipinski definition) is 2. The van der Waals surface area contributed by atoms with Gasteiger partial charge in [0.05, 0.1) is 11.9 Å². The van der Waals surface area contributed by atoms with Crippen molar-refractivity contribution in [2.75, 3.05) is 25.0 Å². The molecule has 8 nitrogen and oxygen atoms in total. The van der Waals surface area contributed by atoms with Crippen molar-refractivity contribution in [1.82, 2.24) is 24.6 Å². The maximum atomic E-state index is 12.3. The molecule has 1 aliphatic rings. The summed E-state index contributed by atoms with van der Waals surface area (Å²) in [6.45, 7) is 2.11. The van der Waals surface area contributed by atoms with Crippen molar-refractivity contribution in [1.29, 1.82) is 0 Å². The van der Waals surface area contributed by atoms with Crippen LogP contribution in [0.15, 0.2) is 41.3 Å². The van der Waals surface area contributed by atoms with E-state index in [0.717, 1.165) is 31.6 Å². The number of anilines is 1. The first kappa shape index (κ1) is 17.3. The summed E-state index contributed by atoms with van der Waals surface area (Å²) in [6, 6.07) is 9.53. The molecule has 4 rings (SSSR count). The number of nitrogens with zero attached hydrogens (tertiary/aromatic N) is 4. The van der Waals surface area contributed by atoms with E-state index in [1.807, 2.05) is 35.2 Å². The summed E-state index contributed by atoms with van der Waals surface area (Å²) in [5.74, 6) is 0.483. The van der Waals surface area contributed by atoms with Gasteiger partial charge in [0.25, 0.3) is 5.56 Å². The van der Waals surface area contributed by atoms with Crippen LogP contribution in [0.4, 0.5) is 5.95 Å². The van der Waals surface area contributed by atoms with Crippen LogP contribution in [0.3, 0.4) is 0 Å². The van der Waals surface area contributed by atoms with Gasteiger partial charge in [-0.25, -0.2) is 4.68 Å². The van der Waals surface area contributed by atoms with Crippen LogP contribution in [0.5, 0.6) is 0 Å². The van der Waals surface area contributed by atoms with Gasteiger partial charge in [-0.1, -0.05) is 18.2 Å². The van der Waals surface area contributed by atoms with Gasteiger partial charge in [-0.05, 0) is 31.4 Å².